The lowest BCUT2D eigenvalue weighted by Crippen LogP contribution is -2.25. The van der Waals surface area contributed by atoms with E-state index in [1.807, 2.05) is 30.3 Å². The van der Waals surface area contributed by atoms with Gasteiger partial charge in [0.25, 0.3) is 0 Å². The lowest BCUT2D eigenvalue weighted by molar-refractivity contribution is -0.107. The summed E-state index contributed by atoms with van der Waals surface area (Å²) in [6, 6.07) is 14.1. The van der Waals surface area contributed by atoms with Crippen molar-refractivity contribution in [2.75, 3.05) is 41.4 Å². The van der Waals surface area contributed by atoms with Gasteiger partial charge in [-0.3, -0.25) is 9.78 Å². The molecule has 1 saturated heterocycles. The van der Waals surface area contributed by atoms with Gasteiger partial charge in [0.05, 0.1) is 12.2 Å². The Labute approximate surface area is 192 Å². The van der Waals surface area contributed by atoms with Gasteiger partial charge in [0, 0.05) is 44.6 Å². The minimum absolute atomic E-state index is 0.164. The Morgan fingerprint density at radius 2 is 2.09 bits per heavy atom. The van der Waals surface area contributed by atoms with Crippen molar-refractivity contribution in [1.82, 2.24) is 9.97 Å². The fourth-order valence-electron chi connectivity index (χ4n) is 4.05. The number of hydrogen-bond acceptors (Lipinski definition) is 6. The van der Waals surface area contributed by atoms with E-state index >= 15 is 0 Å². The largest absolute Gasteiger partial charge is 0.396 e. The number of hydrogen-bond donors (Lipinski definition) is 2. The van der Waals surface area contributed by atoms with Gasteiger partial charge in [-0.2, -0.15) is 0 Å². The molecule has 3 heterocycles. The number of rotatable bonds is 10. The fourth-order valence-corrected chi connectivity index (χ4v) is 4.05. The molecule has 33 heavy (non-hydrogen) atoms. The molecule has 172 valence electrons. The van der Waals surface area contributed by atoms with E-state index in [4.69, 9.17) is 4.98 Å². The molecule has 0 aliphatic carbocycles. The van der Waals surface area contributed by atoms with Gasteiger partial charge in [0.2, 0.25) is 6.41 Å². The highest BCUT2D eigenvalue weighted by atomic mass is 19.1. The van der Waals surface area contributed by atoms with Crippen molar-refractivity contribution in [3.8, 4) is 0 Å². The molecule has 1 aromatic carbocycles. The van der Waals surface area contributed by atoms with Gasteiger partial charge in [0.1, 0.15) is 11.6 Å². The van der Waals surface area contributed by atoms with Crippen molar-refractivity contribution in [1.29, 1.82) is 0 Å². The molecule has 0 bridgehead atoms. The van der Waals surface area contributed by atoms with E-state index in [-0.39, 0.29) is 18.3 Å². The molecule has 2 N–H and O–H groups in total. The monoisotopic (exact) mass is 449 g/mol. The number of aliphatic hydroxyl groups is 1. The summed E-state index contributed by atoms with van der Waals surface area (Å²) in [5.74, 6) is 1.37. The summed E-state index contributed by atoms with van der Waals surface area (Å²) in [4.78, 5) is 24.7. The SMILES string of the molecule is O=CN(Cc1cccnc1)c1ccc(N2CC[C@@H](CO)C2)nc1NCCc1cccc(F)c1. The van der Waals surface area contributed by atoms with Crippen LogP contribution in [0.1, 0.15) is 17.5 Å². The molecule has 0 saturated carbocycles. The van der Waals surface area contributed by atoms with Gasteiger partial charge in [-0.05, 0) is 54.3 Å². The minimum atomic E-state index is -0.260. The van der Waals surface area contributed by atoms with Crippen LogP contribution in [0.2, 0.25) is 0 Å². The maximum absolute atomic E-state index is 13.5. The maximum atomic E-state index is 13.5. The van der Waals surface area contributed by atoms with Crippen LogP contribution in [0.4, 0.5) is 21.7 Å². The first-order chi connectivity index (χ1) is 16.2. The van der Waals surface area contributed by atoms with Crippen LogP contribution in [0.15, 0.2) is 60.9 Å². The molecule has 2 aromatic heterocycles. The number of carbonyl (C=O) groups excluding carboxylic acids is 1. The second-order valence-corrected chi connectivity index (χ2v) is 8.22. The van der Waals surface area contributed by atoms with Crippen LogP contribution < -0.4 is 15.1 Å². The highest BCUT2D eigenvalue weighted by Crippen LogP contribution is 2.30. The number of benzene rings is 1. The molecular weight excluding hydrogens is 421 g/mol. The van der Waals surface area contributed by atoms with Gasteiger partial charge >= 0.3 is 0 Å². The lowest BCUT2D eigenvalue weighted by atomic mass is 10.1. The highest BCUT2D eigenvalue weighted by Gasteiger charge is 2.24. The smallest absolute Gasteiger partial charge is 0.214 e. The number of aromatic nitrogens is 2. The zero-order valence-corrected chi connectivity index (χ0v) is 18.4. The molecule has 7 nitrogen and oxygen atoms in total. The Balaban J connectivity index is 1.56. The third-order valence-corrected chi connectivity index (χ3v) is 5.83. The van der Waals surface area contributed by atoms with E-state index in [9.17, 15) is 14.3 Å². The van der Waals surface area contributed by atoms with Crippen molar-refractivity contribution in [2.24, 2.45) is 5.92 Å². The van der Waals surface area contributed by atoms with E-state index in [2.05, 4.69) is 15.2 Å². The third-order valence-electron chi connectivity index (χ3n) is 5.83. The molecule has 3 aromatic rings. The Bertz CT molecular complexity index is 1070. The average molecular weight is 450 g/mol. The van der Waals surface area contributed by atoms with Crippen molar-refractivity contribution in [3.63, 3.8) is 0 Å². The summed E-state index contributed by atoms with van der Waals surface area (Å²) < 4.78 is 13.5. The molecule has 4 rings (SSSR count). The van der Waals surface area contributed by atoms with Gasteiger partial charge in [-0.25, -0.2) is 9.37 Å². The summed E-state index contributed by atoms with van der Waals surface area (Å²) in [5, 5.41) is 12.8. The van der Waals surface area contributed by atoms with E-state index in [1.54, 1.807) is 23.4 Å². The van der Waals surface area contributed by atoms with Crippen LogP contribution in [0, 0.1) is 11.7 Å². The van der Waals surface area contributed by atoms with Gasteiger partial charge in [-0.15, -0.1) is 0 Å². The first-order valence-electron chi connectivity index (χ1n) is 11.1. The molecule has 1 atom stereocenters. The number of anilines is 3. The van der Waals surface area contributed by atoms with Crippen LogP contribution in [-0.2, 0) is 17.8 Å². The average Bonchev–Trinajstić information content (AvgIpc) is 3.33. The predicted octanol–water partition coefficient (Wildman–Crippen LogP) is 3.25. The van der Waals surface area contributed by atoms with Crippen molar-refractivity contribution in [2.45, 2.75) is 19.4 Å². The number of carbonyl (C=O) groups is 1. The lowest BCUT2D eigenvalue weighted by Gasteiger charge is -2.24. The summed E-state index contributed by atoms with van der Waals surface area (Å²) >= 11 is 0. The Morgan fingerprint density at radius 3 is 2.82 bits per heavy atom. The molecule has 8 heteroatoms. The van der Waals surface area contributed by atoms with Gasteiger partial charge in [0.15, 0.2) is 5.82 Å². The number of amides is 1. The number of aliphatic hydroxyl groups excluding tert-OH is 1. The number of halogens is 1. The van der Waals surface area contributed by atoms with Crippen LogP contribution >= 0.6 is 0 Å². The number of nitrogens with one attached hydrogen (secondary N) is 1. The van der Waals surface area contributed by atoms with Crippen LogP contribution in [-0.4, -0.2) is 47.7 Å². The molecule has 0 radical (unpaired) electrons. The topological polar surface area (TPSA) is 81.6 Å². The first-order valence-corrected chi connectivity index (χ1v) is 11.1. The normalized spacial score (nSPS) is 15.5. The zero-order valence-electron chi connectivity index (χ0n) is 18.4. The number of nitrogens with zero attached hydrogens (tertiary/aromatic N) is 4. The third kappa shape index (κ3) is 5.84. The van der Waals surface area contributed by atoms with Crippen molar-refractivity contribution >= 4 is 23.7 Å². The second kappa shape index (κ2) is 10.9. The molecule has 1 amide bonds. The zero-order chi connectivity index (χ0) is 23.0. The highest BCUT2D eigenvalue weighted by molar-refractivity contribution is 5.82. The molecule has 0 spiro atoms. The Hall–Kier alpha value is -3.52. The van der Waals surface area contributed by atoms with E-state index in [0.717, 1.165) is 42.9 Å². The van der Waals surface area contributed by atoms with Gasteiger partial charge in [-0.1, -0.05) is 18.2 Å². The number of pyridine rings is 2. The van der Waals surface area contributed by atoms with Crippen LogP contribution in [0.3, 0.4) is 0 Å². The first kappa shape index (κ1) is 22.7. The van der Waals surface area contributed by atoms with Crippen LogP contribution in [0.5, 0.6) is 0 Å². The maximum Gasteiger partial charge on any atom is 0.214 e. The summed E-state index contributed by atoms with van der Waals surface area (Å²) in [7, 11) is 0. The fraction of sp³-hybridized carbons (Fsp3) is 0.320. The quantitative estimate of drug-likeness (QED) is 0.463. The minimum Gasteiger partial charge on any atom is -0.396 e. The van der Waals surface area contributed by atoms with Crippen molar-refractivity contribution in [3.05, 3.63) is 77.9 Å². The summed E-state index contributed by atoms with van der Waals surface area (Å²) in [6.07, 6.45) is 5.75. The van der Waals surface area contributed by atoms with E-state index in [1.165, 1.54) is 12.1 Å². The molecular formula is C25H28FN5O2. The second-order valence-electron chi connectivity index (χ2n) is 8.22. The molecule has 1 aliphatic heterocycles. The molecule has 1 aliphatic rings. The van der Waals surface area contributed by atoms with Crippen molar-refractivity contribution < 1.29 is 14.3 Å². The molecule has 1 fully saturated rings. The van der Waals surface area contributed by atoms with E-state index < -0.39 is 0 Å². The Kier molecular flexibility index (Phi) is 7.47. The predicted molar refractivity (Wildman–Crippen MR) is 127 cm³/mol. The van der Waals surface area contributed by atoms with E-state index in [0.29, 0.717) is 31.0 Å². The van der Waals surface area contributed by atoms with Gasteiger partial charge < -0.3 is 20.2 Å². The molecule has 0 unspecified atom stereocenters. The summed E-state index contributed by atoms with van der Waals surface area (Å²) in [6.45, 7) is 2.64. The van der Waals surface area contributed by atoms with Crippen LogP contribution in [0.25, 0.3) is 0 Å². The standard InChI is InChI=1S/C25H28FN5O2/c26-22-5-1-3-19(13-22)8-11-28-25-23(31(18-33)15-20-4-2-10-27-14-20)6-7-24(29-25)30-12-9-21(16-30)17-32/h1-7,10,13-14,18,21,32H,8-9,11-12,15-17H2,(H,28,29)/t21-/m1/s1. The Morgan fingerprint density at radius 1 is 1.21 bits per heavy atom. The summed E-state index contributed by atoms with van der Waals surface area (Å²) in [5.41, 5.74) is 2.45.